The number of fused-ring (bicyclic) bond motifs is 3. The highest BCUT2D eigenvalue weighted by Gasteiger charge is 2.38. The maximum absolute atomic E-state index is 13.1. The number of anilines is 2. The van der Waals surface area contributed by atoms with Crippen LogP contribution in [-0.4, -0.2) is 19.5 Å². The third-order valence-electron chi connectivity index (χ3n) is 6.55. The molecule has 6 nitrogen and oxygen atoms in total. The smallest absolute Gasteiger partial charge is 0.335 e. The van der Waals surface area contributed by atoms with Gasteiger partial charge in [-0.3, -0.25) is 4.72 Å². The number of sulfonamides is 1. The van der Waals surface area contributed by atoms with Crippen molar-refractivity contribution in [3.63, 3.8) is 0 Å². The minimum Gasteiger partial charge on any atom is -0.478 e. The first kappa shape index (κ1) is 21.3. The quantitative estimate of drug-likeness (QED) is 0.448. The number of carboxylic acids is 1. The van der Waals surface area contributed by atoms with Gasteiger partial charge in [0.1, 0.15) is 0 Å². The molecule has 7 heteroatoms. The predicted molar refractivity (Wildman–Crippen MR) is 128 cm³/mol. The lowest BCUT2D eigenvalue weighted by atomic mass is 9.77. The Hall–Kier alpha value is -3.58. The second-order valence-corrected chi connectivity index (χ2v) is 10.3. The van der Waals surface area contributed by atoms with E-state index >= 15 is 0 Å². The standard InChI is InChI=1S/C26H24N2O4S/c1-16-5-2-3-8-23(16)28-33(31,32)19-13-14-24-22(15-19)20-6-4-7-21(20)25(27-24)17-9-11-18(12-10-17)26(29)30/h2-6,8-15,20-21,25,27-28H,7H2,1H3,(H,29,30)/t20-,21+,25+/m1/s1. The SMILES string of the molecule is Cc1ccccc1NS(=O)(=O)c1ccc2c(c1)[C@@H]1C=CC[C@@H]1[C@H](c1ccc(C(=O)O)cc1)N2. The third-order valence-corrected chi connectivity index (χ3v) is 7.91. The molecule has 0 bridgehead atoms. The van der Waals surface area contributed by atoms with Crippen LogP contribution in [0.2, 0.25) is 0 Å². The Bertz CT molecular complexity index is 1360. The van der Waals surface area contributed by atoms with Crippen LogP contribution in [-0.2, 0) is 10.0 Å². The Kier molecular flexibility index (Phi) is 5.21. The van der Waals surface area contributed by atoms with Gasteiger partial charge in [0.2, 0.25) is 0 Å². The molecule has 0 saturated carbocycles. The predicted octanol–water partition coefficient (Wildman–Crippen LogP) is 5.32. The van der Waals surface area contributed by atoms with Gasteiger partial charge in [-0.2, -0.15) is 0 Å². The summed E-state index contributed by atoms with van der Waals surface area (Å²) in [7, 11) is -3.73. The first-order chi connectivity index (χ1) is 15.8. The number of hydrogen-bond acceptors (Lipinski definition) is 4. The highest BCUT2D eigenvalue weighted by molar-refractivity contribution is 7.92. The van der Waals surface area contributed by atoms with E-state index in [9.17, 15) is 18.3 Å². The van der Waals surface area contributed by atoms with Crippen molar-refractivity contribution in [3.8, 4) is 0 Å². The van der Waals surface area contributed by atoms with Crippen LogP contribution in [0.1, 0.15) is 45.4 Å². The van der Waals surface area contributed by atoms with Crippen LogP contribution in [0, 0.1) is 12.8 Å². The molecule has 1 aliphatic carbocycles. The summed E-state index contributed by atoms with van der Waals surface area (Å²) in [6.45, 7) is 1.87. The zero-order valence-corrected chi connectivity index (χ0v) is 18.8. The van der Waals surface area contributed by atoms with Crippen molar-refractivity contribution < 1.29 is 18.3 Å². The molecule has 3 N–H and O–H groups in total. The van der Waals surface area contributed by atoms with Crippen molar-refractivity contribution in [1.29, 1.82) is 0 Å². The van der Waals surface area contributed by atoms with Gasteiger partial charge in [0.25, 0.3) is 10.0 Å². The van der Waals surface area contributed by atoms with Crippen molar-refractivity contribution in [2.75, 3.05) is 10.0 Å². The summed E-state index contributed by atoms with van der Waals surface area (Å²) < 4.78 is 28.9. The lowest BCUT2D eigenvalue weighted by Crippen LogP contribution is -2.29. The molecule has 33 heavy (non-hydrogen) atoms. The monoisotopic (exact) mass is 460 g/mol. The summed E-state index contributed by atoms with van der Waals surface area (Å²) in [6.07, 6.45) is 5.15. The summed E-state index contributed by atoms with van der Waals surface area (Å²) >= 11 is 0. The van der Waals surface area contributed by atoms with Crippen LogP contribution >= 0.6 is 0 Å². The number of nitrogens with one attached hydrogen (secondary N) is 2. The molecule has 0 fully saturated rings. The largest absolute Gasteiger partial charge is 0.478 e. The Balaban J connectivity index is 1.47. The first-order valence-electron chi connectivity index (χ1n) is 10.8. The van der Waals surface area contributed by atoms with E-state index in [1.165, 1.54) is 0 Å². The Morgan fingerprint density at radius 3 is 2.55 bits per heavy atom. The summed E-state index contributed by atoms with van der Waals surface area (Å²) in [6, 6.07) is 19.5. The van der Waals surface area contributed by atoms with E-state index in [0.717, 1.165) is 28.8 Å². The van der Waals surface area contributed by atoms with Crippen LogP contribution < -0.4 is 10.0 Å². The number of carbonyl (C=O) groups is 1. The molecule has 0 aromatic heterocycles. The molecule has 5 rings (SSSR count). The van der Waals surface area contributed by atoms with Gasteiger partial charge in [-0.25, -0.2) is 13.2 Å². The van der Waals surface area contributed by atoms with Gasteiger partial charge in [0.05, 0.1) is 22.2 Å². The fourth-order valence-corrected chi connectivity index (χ4v) is 5.96. The van der Waals surface area contributed by atoms with Gasteiger partial charge < -0.3 is 10.4 Å². The van der Waals surface area contributed by atoms with Gasteiger partial charge >= 0.3 is 5.97 Å². The number of para-hydroxylation sites is 1. The van der Waals surface area contributed by atoms with Gasteiger partial charge in [-0.15, -0.1) is 0 Å². The first-order valence-corrected chi connectivity index (χ1v) is 12.3. The average molecular weight is 461 g/mol. The minimum atomic E-state index is -3.73. The van der Waals surface area contributed by atoms with Crippen molar-refractivity contribution in [3.05, 3.63) is 101 Å². The molecule has 0 radical (unpaired) electrons. The normalized spacial score (nSPS) is 21.1. The number of carboxylic acid groups (broad SMARTS) is 1. The molecule has 3 aromatic carbocycles. The Morgan fingerprint density at radius 2 is 1.82 bits per heavy atom. The van der Waals surface area contributed by atoms with Crippen LogP contribution in [0.25, 0.3) is 0 Å². The summed E-state index contributed by atoms with van der Waals surface area (Å²) in [5.41, 5.74) is 4.55. The van der Waals surface area contributed by atoms with E-state index < -0.39 is 16.0 Å². The number of aryl methyl sites for hydroxylation is 1. The molecular weight excluding hydrogens is 436 g/mol. The van der Waals surface area contributed by atoms with Gasteiger partial charge in [0.15, 0.2) is 0 Å². The zero-order chi connectivity index (χ0) is 23.2. The molecule has 0 spiro atoms. The topological polar surface area (TPSA) is 95.5 Å². The molecule has 2 aliphatic rings. The number of hydrogen-bond donors (Lipinski definition) is 3. The van der Waals surface area contributed by atoms with E-state index in [4.69, 9.17) is 0 Å². The second kappa shape index (κ2) is 8.08. The third kappa shape index (κ3) is 3.89. The molecule has 168 valence electrons. The van der Waals surface area contributed by atoms with E-state index in [1.807, 2.05) is 37.3 Å². The van der Waals surface area contributed by atoms with Crippen LogP contribution in [0.5, 0.6) is 0 Å². The van der Waals surface area contributed by atoms with Gasteiger partial charge in [-0.1, -0.05) is 42.5 Å². The fourth-order valence-electron chi connectivity index (χ4n) is 4.79. The summed E-state index contributed by atoms with van der Waals surface area (Å²) in [4.78, 5) is 11.4. The Morgan fingerprint density at radius 1 is 1.06 bits per heavy atom. The van der Waals surface area contributed by atoms with Crippen LogP contribution in [0.4, 0.5) is 11.4 Å². The lowest BCUT2D eigenvalue weighted by molar-refractivity contribution is 0.0697. The highest BCUT2D eigenvalue weighted by Crippen LogP contribution is 2.50. The average Bonchev–Trinajstić information content (AvgIpc) is 3.30. The maximum Gasteiger partial charge on any atom is 0.335 e. The minimum absolute atomic E-state index is 0.00731. The molecule has 1 aliphatic heterocycles. The van der Waals surface area contributed by atoms with Crippen LogP contribution in [0.3, 0.4) is 0 Å². The summed E-state index contributed by atoms with van der Waals surface area (Å²) in [5.74, 6) is -0.647. The van der Waals surface area contributed by atoms with Gasteiger partial charge in [0, 0.05) is 11.6 Å². The zero-order valence-electron chi connectivity index (χ0n) is 18.0. The number of allylic oxidation sites excluding steroid dienone is 2. The lowest BCUT2D eigenvalue weighted by Gasteiger charge is -2.37. The summed E-state index contributed by atoms with van der Waals surface area (Å²) in [5, 5.41) is 12.8. The van der Waals surface area contributed by atoms with E-state index in [2.05, 4.69) is 22.2 Å². The maximum atomic E-state index is 13.1. The van der Waals surface area contributed by atoms with E-state index in [0.29, 0.717) is 5.69 Å². The molecule has 0 saturated heterocycles. The number of aromatic carboxylic acids is 1. The van der Waals surface area contributed by atoms with Crippen molar-refractivity contribution in [2.45, 2.75) is 30.2 Å². The Labute approximate surface area is 193 Å². The fraction of sp³-hybridized carbons (Fsp3) is 0.192. The molecule has 3 aromatic rings. The number of rotatable bonds is 5. The molecule has 1 heterocycles. The second-order valence-electron chi connectivity index (χ2n) is 8.57. The van der Waals surface area contributed by atoms with Crippen molar-refractivity contribution in [2.24, 2.45) is 5.92 Å². The van der Waals surface area contributed by atoms with Crippen molar-refractivity contribution >= 4 is 27.4 Å². The van der Waals surface area contributed by atoms with E-state index in [-0.39, 0.29) is 28.3 Å². The molecule has 0 unspecified atom stereocenters. The number of benzene rings is 3. The van der Waals surface area contributed by atoms with E-state index in [1.54, 1.807) is 36.4 Å². The van der Waals surface area contributed by atoms with Crippen LogP contribution in [0.15, 0.2) is 83.8 Å². The molecule has 3 atom stereocenters. The van der Waals surface area contributed by atoms with Crippen molar-refractivity contribution in [1.82, 2.24) is 0 Å². The molecular formula is C26H24N2O4S. The highest BCUT2D eigenvalue weighted by atomic mass is 32.2. The molecule has 0 amide bonds. The van der Waals surface area contributed by atoms with Gasteiger partial charge in [-0.05, 0) is 72.4 Å².